The number of hydrogen-bond acceptors (Lipinski definition) is 8. The lowest BCUT2D eigenvalue weighted by molar-refractivity contribution is 0.0124. The number of fused-ring (bicyclic) bond motifs is 1. The quantitative estimate of drug-likeness (QED) is 0.252. The minimum Gasteiger partial charge on any atom is -0.444 e. The number of anilines is 2. The molecule has 2 atom stereocenters. The summed E-state index contributed by atoms with van der Waals surface area (Å²) in [6.07, 6.45) is -0.167. The topological polar surface area (TPSA) is 126 Å². The van der Waals surface area contributed by atoms with Crippen molar-refractivity contribution in [2.24, 2.45) is 0 Å². The van der Waals surface area contributed by atoms with Crippen LogP contribution in [-0.2, 0) is 20.5 Å². The number of piperidine rings is 1. The molecule has 2 N–H and O–H groups in total. The van der Waals surface area contributed by atoms with Crippen molar-refractivity contribution in [2.45, 2.75) is 57.7 Å². The number of likely N-dealkylation sites (tertiary alicyclic amines) is 1. The fourth-order valence-corrected chi connectivity index (χ4v) is 6.17. The fourth-order valence-electron chi connectivity index (χ4n) is 4.96. The number of aryl methyl sites for hydroxylation is 1. The molecule has 238 valence electrons. The molecule has 1 amide bonds. The normalized spacial score (nSPS) is 17.3. The summed E-state index contributed by atoms with van der Waals surface area (Å²) >= 11 is 0. The number of ether oxygens (including phenoxy) is 1. The second kappa shape index (κ2) is 12.5. The van der Waals surface area contributed by atoms with Crippen molar-refractivity contribution in [2.75, 3.05) is 23.1 Å². The number of hydrogen-bond donors (Lipinski definition) is 2. The van der Waals surface area contributed by atoms with Gasteiger partial charge < -0.3 is 15.0 Å². The number of sulfonamides is 1. The molecule has 3 heterocycles. The molecule has 10 nitrogen and oxygen atoms in total. The van der Waals surface area contributed by atoms with Crippen molar-refractivity contribution in [3.05, 3.63) is 77.5 Å². The Labute approximate surface area is 259 Å². The molecule has 14 heteroatoms. The maximum atomic E-state index is 15.0. The van der Waals surface area contributed by atoms with E-state index in [1.807, 2.05) is 0 Å². The summed E-state index contributed by atoms with van der Waals surface area (Å²) in [6.45, 7) is 7.21. The first-order valence-electron chi connectivity index (χ1n) is 14.2. The van der Waals surface area contributed by atoms with E-state index in [9.17, 15) is 22.0 Å². The first-order chi connectivity index (χ1) is 21.1. The molecular formula is C31H33F3N6O4S. The summed E-state index contributed by atoms with van der Waals surface area (Å²) in [4.78, 5) is 27.3. The summed E-state index contributed by atoms with van der Waals surface area (Å²) in [6, 6.07) is 10.3. The van der Waals surface area contributed by atoms with Crippen molar-refractivity contribution >= 4 is 38.8 Å². The maximum Gasteiger partial charge on any atom is 0.410 e. The number of carbonyl (C=O) groups is 1. The number of rotatable bonds is 7. The van der Waals surface area contributed by atoms with Gasteiger partial charge in [0, 0.05) is 24.6 Å². The number of nitrogens with zero attached hydrogens (tertiary/aromatic N) is 4. The molecular weight excluding hydrogens is 609 g/mol. The predicted molar refractivity (Wildman–Crippen MR) is 165 cm³/mol. The van der Waals surface area contributed by atoms with Crippen LogP contribution < -0.4 is 10.0 Å². The summed E-state index contributed by atoms with van der Waals surface area (Å²) in [5.74, 6) is -1.50. The highest BCUT2D eigenvalue weighted by Crippen LogP contribution is 2.28. The van der Waals surface area contributed by atoms with Crippen LogP contribution >= 0.6 is 0 Å². The van der Waals surface area contributed by atoms with Crippen LogP contribution in [0.4, 0.5) is 29.6 Å². The number of alkyl halides is 1. The van der Waals surface area contributed by atoms with Gasteiger partial charge in [-0.3, -0.25) is 4.72 Å². The van der Waals surface area contributed by atoms with Gasteiger partial charge in [-0.25, -0.2) is 41.3 Å². The average molecular weight is 643 g/mol. The molecule has 4 aromatic rings. The van der Waals surface area contributed by atoms with E-state index in [0.29, 0.717) is 33.4 Å². The molecule has 5 rings (SSSR count). The molecule has 1 fully saturated rings. The Morgan fingerprint density at radius 1 is 1.07 bits per heavy atom. The van der Waals surface area contributed by atoms with E-state index in [4.69, 9.17) is 4.74 Å². The van der Waals surface area contributed by atoms with Crippen LogP contribution in [0, 0.1) is 18.6 Å². The van der Waals surface area contributed by atoms with E-state index in [-0.39, 0.29) is 31.1 Å². The Morgan fingerprint density at radius 2 is 1.80 bits per heavy atom. The zero-order valence-corrected chi connectivity index (χ0v) is 26.0. The Bertz CT molecular complexity index is 1830. The van der Waals surface area contributed by atoms with Gasteiger partial charge in [0.05, 0.1) is 35.4 Å². The van der Waals surface area contributed by atoms with Crippen LogP contribution in [-0.4, -0.2) is 65.3 Å². The number of carbonyl (C=O) groups excluding carboxylic acids is 1. The van der Waals surface area contributed by atoms with Gasteiger partial charge >= 0.3 is 6.09 Å². The van der Waals surface area contributed by atoms with E-state index < -0.39 is 51.3 Å². The van der Waals surface area contributed by atoms with E-state index in [2.05, 4.69) is 25.0 Å². The Kier molecular flexibility index (Phi) is 8.88. The third-order valence-electron chi connectivity index (χ3n) is 6.92. The molecule has 2 aromatic heterocycles. The van der Waals surface area contributed by atoms with Crippen LogP contribution in [0.25, 0.3) is 22.3 Å². The lowest BCUT2D eigenvalue weighted by Crippen LogP contribution is -2.51. The number of benzene rings is 2. The lowest BCUT2D eigenvalue weighted by Gasteiger charge is -2.36. The molecule has 2 aromatic carbocycles. The van der Waals surface area contributed by atoms with Crippen LogP contribution in [0.2, 0.25) is 0 Å². The van der Waals surface area contributed by atoms with Crippen LogP contribution in [0.5, 0.6) is 0 Å². The number of amides is 1. The Hall–Kier alpha value is -4.46. The molecule has 1 aliphatic heterocycles. The fraction of sp³-hybridized carbons (Fsp3) is 0.355. The molecule has 0 unspecified atom stereocenters. The largest absolute Gasteiger partial charge is 0.444 e. The summed E-state index contributed by atoms with van der Waals surface area (Å²) in [5.41, 5.74) is 1.91. The standard InChI is InChI=1S/C31H33F3N6O4S/c1-18-11-26(20-7-10-25(24(34)12-20)39-45(42,43)17-19-5-8-21(32)9-6-19)37-27-14-35-29(38-28(18)27)36-23-13-22(33)15-40(16-23)30(41)44-31(2,3)4/h5-12,14,22-23,39H,13,15-17H2,1-4H3,(H,35,36,38)/t22-,23-/m0/s1. The minimum atomic E-state index is -3.97. The number of nitrogens with one attached hydrogen (secondary N) is 2. The number of halogens is 3. The van der Waals surface area contributed by atoms with Gasteiger partial charge in [-0.2, -0.15) is 0 Å². The van der Waals surface area contributed by atoms with Crippen LogP contribution in [0.15, 0.2) is 54.7 Å². The molecule has 0 bridgehead atoms. The van der Waals surface area contributed by atoms with Crippen molar-refractivity contribution in [3.8, 4) is 11.3 Å². The van der Waals surface area contributed by atoms with Gasteiger partial charge in [0.2, 0.25) is 16.0 Å². The molecule has 0 radical (unpaired) electrons. The highest BCUT2D eigenvalue weighted by molar-refractivity contribution is 7.91. The molecule has 1 saturated heterocycles. The predicted octanol–water partition coefficient (Wildman–Crippen LogP) is 5.98. The zero-order valence-electron chi connectivity index (χ0n) is 25.1. The van der Waals surface area contributed by atoms with Gasteiger partial charge in [0.15, 0.2) is 0 Å². The average Bonchev–Trinajstić information content (AvgIpc) is 2.94. The third-order valence-corrected chi connectivity index (χ3v) is 8.17. The van der Waals surface area contributed by atoms with Crippen LogP contribution in [0.3, 0.4) is 0 Å². The second-order valence-corrected chi connectivity index (χ2v) is 13.7. The maximum absolute atomic E-state index is 15.0. The zero-order chi connectivity index (χ0) is 32.5. The first-order valence-corrected chi connectivity index (χ1v) is 15.9. The van der Waals surface area contributed by atoms with Crippen LogP contribution in [0.1, 0.15) is 38.3 Å². The van der Waals surface area contributed by atoms with Gasteiger partial charge in [-0.15, -0.1) is 0 Å². The van der Waals surface area contributed by atoms with Gasteiger partial charge in [-0.1, -0.05) is 18.2 Å². The van der Waals surface area contributed by atoms with Gasteiger partial charge in [-0.05, 0) is 69.2 Å². The number of pyridine rings is 1. The highest BCUT2D eigenvalue weighted by Gasteiger charge is 2.33. The minimum absolute atomic E-state index is 0.0546. The van der Waals surface area contributed by atoms with Crippen molar-refractivity contribution in [3.63, 3.8) is 0 Å². The summed E-state index contributed by atoms with van der Waals surface area (Å²) in [5, 5.41) is 3.11. The van der Waals surface area contributed by atoms with Crippen molar-refractivity contribution in [1.29, 1.82) is 0 Å². The van der Waals surface area contributed by atoms with E-state index >= 15 is 4.39 Å². The van der Waals surface area contributed by atoms with Crippen molar-refractivity contribution < 1.29 is 31.1 Å². The number of aromatic nitrogens is 3. The highest BCUT2D eigenvalue weighted by atomic mass is 32.2. The molecule has 45 heavy (non-hydrogen) atoms. The van der Waals surface area contributed by atoms with Crippen molar-refractivity contribution in [1.82, 2.24) is 19.9 Å². The molecule has 0 spiro atoms. The lowest BCUT2D eigenvalue weighted by atomic mass is 10.0. The molecule has 0 aliphatic carbocycles. The van der Waals surface area contributed by atoms with E-state index in [1.165, 1.54) is 41.4 Å². The monoisotopic (exact) mass is 642 g/mol. The Morgan fingerprint density at radius 3 is 2.49 bits per heavy atom. The molecule has 0 saturated carbocycles. The van der Waals surface area contributed by atoms with E-state index in [0.717, 1.165) is 12.1 Å². The Balaban J connectivity index is 1.30. The van der Waals surface area contributed by atoms with E-state index in [1.54, 1.807) is 33.8 Å². The summed E-state index contributed by atoms with van der Waals surface area (Å²) < 4.78 is 75.5. The third kappa shape index (κ3) is 8.18. The SMILES string of the molecule is Cc1cc(-c2ccc(NS(=O)(=O)Cc3ccc(F)cc3)c(F)c2)nc2cnc(N[C@H]3C[C@H](F)CN(C(=O)OC(C)(C)C)C3)nc12. The van der Waals surface area contributed by atoms with Gasteiger partial charge in [0.25, 0.3) is 0 Å². The molecule has 1 aliphatic rings. The smallest absolute Gasteiger partial charge is 0.410 e. The summed E-state index contributed by atoms with van der Waals surface area (Å²) in [7, 11) is -3.97. The first kappa shape index (κ1) is 31.9. The second-order valence-electron chi connectivity index (χ2n) is 12.0. The van der Waals surface area contributed by atoms with Gasteiger partial charge in [0.1, 0.15) is 28.9 Å².